The predicted octanol–water partition coefficient (Wildman–Crippen LogP) is 4.08. The molecule has 0 aliphatic carbocycles. The molecule has 5 aromatic rings. The summed E-state index contributed by atoms with van der Waals surface area (Å²) >= 11 is 2.82. The van der Waals surface area contributed by atoms with E-state index in [1.54, 1.807) is 24.1 Å². The number of nitrogens with zero attached hydrogens (tertiary/aromatic N) is 5. The van der Waals surface area contributed by atoms with Crippen LogP contribution in [0.15, 0.2) is 62.4 Å². The lowest BCUT2D eigenvalue weighted by Gasteiger charge is -2.10. The van der Waals surface area contributed by atoms with Crippen LogP contribution < -0.4 is 10.3 Å². The molecule has 4 heterocycles. The molecular weight excluding hydrogens is 436 g/mol. The minimum Gasteiger partial charge on any atom is -0.497 e. The third kappa shape index (κ3) is 3.62. The van der Waals surface area contributed by atoms with Crippen molar-refractivity contribution in [2.24, 2.45) is 0 Å². The highest BCUT2D eigenvalue weighted by Gasteiger charge is 2.20. The number of thioether (sulfide) groups is 1. The molecule has 0 spiro atoms. The van der Waals surface area contributed by atoms with Gasteiger partial charge in [0.05, 0.1) is 29.7 Å². The number of furan rings is 1. The second-order valence-corrected chi connectivity index (χ2v) is 8.76. The number of H-pyrrole nitrogens is 1. The van der Waals surface area contributed by atoms with Gasteiger partial charge in [0.2, 0.25) is 5.16 Å². The third-order valence-electron chi connectivity index (χ3n) is 4.67. The minimum atomic E-state index is -0.199. The first-order chi connectivity index (χ1) is 15.1. The Bertz CT molecular complexity index is 1390. The van der Waals surface area contributed by atoms with Gasteiger partial charge in [-0.3, -0.25) is 4.79 Å². The zero-order chi connectivity index (χ0) is 21.4. The minimum absolute atomic E-state index is 0.186. The lowest BCUT2D eigenvalue weighted by atomic mass is 10.2. The number of thiophene rings is 1. The molecule has 1 aromatic carbocycles. The van der Waals surface area contributed by atoms with Gasteiger partial charge in [0, 0.05) is 10.9 Å². The third-order valence-corrected chi connectivity index (χ3v) is 6.59. The molecule has 0 saturated heterocycles. The van der Waals surface area contributed by atoms with Crippen LogP contribution in [0.5, 0.6) is 5.75 Å². The van der Waals surface area contributed by atoms with Gasteiger partial charge < -0.3 is 14.1 Å². The van der Waals surface area contributed by atoms with E-state index in [1.807, 2.05) is 42.6 Å². The van der Waals surface area contributed by atoms with Crippen molar-refractivity contribution in [1.29, 1.82) is 0 Å². The molecule has 1 unspecified atom stereocenters. The van der Waals surface area contributed by atoms with E-state index in [0.717, 1.165) is 17.0 Å². The Labute approximate surface area is 184 Å². The van der Waals surface area contributed by atoms with E-state index >= 15 is 0 Å². The summed E-state index contributed by atoms with van der Waals surface area (Å²) < 4.78 is 12.3. The molecule has 1 N–H and O–H groups in total. The maximum atomic E-state index is 12.8. The van der Waals surface area contributed by atoms with Crippen molar-refractivity contribution >= 4 is 33.3 Å². The molecule has 156 valence electrons. The number of methoxy groups -OCH3 is 1. The first kappa shape index (κ1) is 19.5. The molecule has 5 rings (SSSR count). The number of ether oxygens (including phenoxy) is 1. The van der Waals surface area contributed by atoms with Crippen molar-refractivity contribution in [2.75, 3.05) is 7.11 Å². The van der Waals surface area contributed by atoms with Crippen molar-refractivity contribution in [3.63, 3.8) is 0 Å². The summed E-state index contributed by atoms with van der Waals surface area (Å²) in [5.74, 6) is 1.95. The highest BCUT2D eigenvalue weighted by atomic mass is 32.2. The van der Waals surface area contributed by atoms with E-state index in [-0.39, 0.29) is 10.8 Å². The first-order valence-corrected chi connectivity index (χ1v) is 11.0. The smallest absolute Gasteiger partial charge is 0.260 e. The summed E-state index contributed by atoms with van der Waals surface area (Å²) in [6.07, 6.45) is 1.58. The Kier molecular flexibility index (Phi) is 5.04. The normalized spacial score (nSPS) is 12.3. The van der Waals surface area contributed by atoms with Gasteiger partial charge in [-0.05, 0) is 53.7 Å². The molecule has 1 atom stereocenters. The van der Waals surface area contributed by atoms with E-state index in [2.05, 4.69) is 25.5 Å². The number of fused-ring (bicyclic) bond motifs is 1. The van der Waals surface area contributed by atoms with Crippen molar-refractivity contribution in [1.82, 2.24) is 30.2 Å². The highest BCUT2D eigenvalue weighted by Crippen LogP contribution is 2.35. The van der Waals surface area contributed by atoms with Crippen LogP contribution in [0, 0.1) is 0 Å². The molecule has 31 heavy (non-hydrogen) atoms. The molecule has 0 amide bonds. The summed E-state index contributed by atoms with van der Waals surface area (Å²) in [5, 5.41) is 14.8. The Morgan fingerprint density at radius 3 is 2.84 bits per heavy atom. The molecule has 0 aliphatic heterocycles. The Morgan fingerprint density at radius 2 is 2.10 bits per heavy atom. The van der Waals surface area contributed by atoms with Crippen molar-refractivity contribution < 1.29 is 9.15 Å². The summed E-state index contributed by atoms with van der Waals surface area (Å²) in [6, 6.07) is 11.0. The second kappa shape index (κ2) is 8.00. The number of tetrazole rings is 1. The number of benzene rings is 1. The van der Waals surface area contributed by atoms with Crippen LogP contribution in [0.3, 0.4) is 0 Å². The summed E-state index contributed by atoms with van der Waals surface area (Å²) in [4.78, 5) is 21.1. The van der Waals surface area contributed by atoms with E-state index in [9.17, 15) is 4.79 Å². The average Bonchev–Trinajstić information content (AvgIpc) is 3.54. The number of aromatic amines is 1. The van der Waals surface area contributed by atoms with Crippen LogP contribution in [0.4, 0.5) is 0 Å². The summed E-state index contributed by atoms with van der Waals surface area (Å²) in [7, 11) is 1.62. The fourth-order valence-corrected chi connectivity index (χ4v) is 4.92. The number of hydrogen-bond donors (Lipinski definition) is 1. The summed E-state index contributed by atoms with van der Waals surface area (Å²) in [6.45, 7) is 1.95. The van der Waals surface area contributed by atoms with Crippen LogP contribution in [-0.2, 0) is 0 Å². The van der Waals surface area contributed by atoms with Gasteiger partial charge in [-0.2, -0.15) is 4.68 Å². The SMILES string of the molecule is COc1ccc(-n2nnnc2SC(C)c2nc3scc(-c4ccco4)c3c(=O)[nH]2)cc1. The van der Waals surface area contributed by atoms with Crippen LogP contribution in [-0.4, -0.2) is 37.3 Å². The Balaban J connectivity index is 1.44. The average molecular weight is 453 g/mol. The zero-order valence-corrected chi connectivity index (χ0v) is 18.1. The largest absolute Gasteiger partial charge is 0.497 e. The lowest BCUT2D eigenvalue weighted by molar-refractivity contribution is 0.414. The highest BCUT2D eigenvalue weighted by molar-refractivity contribution is 7.99. The maximum Gasteiger partial charge on any atom is 0.260 e. The van der Waals surface area contributed by atoms with Gasteiger partial charge in [0.15, 0.2) is 0 Å². The number of nitrogens with one attached hydrogen (secondary N) is 1. The van der Waals surface area contributed by atoms with Gasteiger partial charge in [-0.15, -0.1) is 16.4 Å². The van der Waals surface area contributed by atoms with E-state index in [4.69, 9.17) is 9.15 Å². The van der Waals surface area contributed by atoms with Crippen LogP contribution in [0.25, 0.3) is 27.2 Å². The van der Waals surface area contributed by atoms with Crippen molar-refractivity contribution in [2.45, 2.75) is 17.3 Å². The molecular formula is C20H16N6O3S2. The molecule has 9 nitrogen and oxygen atoms in total. The Morgan fingerprint density at radius 1 is 1.26 bits per heavy atom. The lowest BCUT2D eigenvalue weighted by Crippen LogP contribution is -2.12. The number of rotatable bonds is 6. The van der Waals surface area contributed by atoms with Crippen LogP contribution >= 0.6 is 23.1 Å². The molecule has 0 aliphatic rings. The fraction of sp³-hybridized carbons (Fsp3) is 0.150. The van der Waals surface area contributed by atoms with Gasteiger partial charge in [-0.25, -0.2) is 4.98 Å². The molecule has 0 bridgehead atoms. The van der Waals surface area contributed by atoms with Gasteiger partial charge in [0.25, 0.3) is 5.56 Å². The van der Waals surface area contributed by atoms with Gasteiger partial charge >= 0.3 is 0 Å². The Hall–Kier alpha value is -3.44. The van der Waals surface area contributed by atoms with Crippen LogP contribution in [0.2, 0.25) is 0 Å². The van der Waals surface area contributed by atoms with E-state index in [1.165, 1.54) is 23.1 Å². The molecule has 0 fully saturated rings. The topological polar surface area (TPSA) is 112 Å². The van der Waals surface area contributed by atoms with E-state index < -0.39 is 0 Å². The van der Waals surface area contributed by atoms with Gasteiger partial charge in [0.1, 0.15) is 22.2 Å². The molecule has 0 saturated carbocycles. The molecule has 4 aromatic heterocycles. The number of aromatic nitrogens is 6. The first-order valence-electron chi connectivity index (χ1n) is 9.29. The predicted molar refractivity (Wildman–Crippen MR) is 118 cm³/mol. The van der Waals surface area contributed by atoms with Gasteiger partial charge in [-0.1, -0.05) is 11.8 Å². The zero-order valence-electron chi connectivity index (χ0n) is 16.5. The van der Waals surface area contributed by atoms with E-state index in [0.29, 0.717) is 27.0 Å². The molecule has 11 heteroatoms. The standard InChI is InChI=1S/C20H16N6O3S2/c1-11(31-20-23-24-25-26(20)12-5-7-13(28-2)8-6-12)17-21-18(27)16-14(10-30-19(16)22-17)15-4-3-9-29-15/h3-11H,1-2H3,(H,21,22,27). The fourth-order valence-electron chi connectivity index (χ4n) is 3.12. The molecule has 0 radical (unpaired) electrons. The quantitative estimate of drug-likeness (QED) is 0.384. The number of hydrogen-bond acceptors (Lipinski definition) is 9. The monoisotopic (exact) mass is 452 g/mol. The summed E-state index contributed by atoms with van der Waals surface area (Å²) in [5.41, 5.74) is 1.35. The van der Waals surface area contributed by atoms with Crippen molar-refractivity contribution in [3.05, 3.63) is 64.2 Å². The second-order valence-electron chi connectivity index (χ2n) is 6.59. The van der Waals surface area contributed by atoms with Crippen LogP contribution in [0.1, 0.15) is 18.0 Å². The van der Waals surface area contributed by atoms with Crippen molar-refractivity contribution in [3.8, 4) is 22.8 Å². The maximum absolute atomic E-state index is 12.8.